The summed E-state index contributed by atoms with van der Waals surface area (Å²) < 4.78 is 13.4. The van der Waals surface area contributed by atoms with E-state index in [4.69, 9.17) is 9.47 Å². The summed E-state index contributed by atoms with van der Waals surface area (Å²) >= 11 is 2.25. The zero-order valence-corrected chi connectivity index (χ0v) is 17.6. The fourth-order valence-electron chi connectivity index (χ4n) is 3.24. The maximum Gasteiger partial charge on any atom is 0.320 e. The first-order valence-electron chi connectivity index (χ1n) is 8.91. The van der Waals surface area contributed by atoms with Gasteiger partial charge in [0.25, 0.3) is 0 Å². The number of benzene rings is 1. The van der Waals surface area contributed by atoms with E-state index in [2.05, 4.69) is 48.9 Å². The van der Waals surface area contributed by atoms with Gasteiger partial charge in [-0.25, -0.2) is 4.98 Å². The second-order valence-corrected chi connectivity index (χ2v) is 7.84. The molecule has 0 saturated carbocycles. The SMILES string of the molecule is COc1nc(NCc2cccc(I)c2)c2ncn([C@@H]3O[C@H](CO)[C@@H](O)[C@H]3O)c2n1. The summed E-state index contributed by atoms with van der Waals surface area (Å²) in [6, 6.07) is 8.17. The number of ether oxygens (including phenoxy) is 2. The molecule has 0 bridgehead atoms. The molecule has 0 spiro atoms. The number of hydrogen-bond donors (Lipinski definition) is 4. The van der Waals surface area contributed by atoms with Crippen LogP contribution in [0.2, 0.25) is 0 Å². The molecule has 1 saturated heterocycles. The predicted octanol–water partition coefficient (Wildman–Crippen LogP) is 0.663. The molecular formula is C18H20IN5O5. The van der Waals surface area contributed by atoms with Crippen LogP contribution in [-0.2, 0) is 11.3 Å². The van der Waals surface area contributed by atoms with Crippen molar-refractivity contribution in [1.82, 2.24) is 19.5 Å². The van der Waals surface area contributed by atoms with E-state index in [0.717, 1.165) is 9.13 Å². The third-order valence-corrected chi connectivity index (χ3v) is 5.39. The highest BCUT2D eigenvalue weighted by Crippen LogP contribution is 2.33. The lowest BCUT2D eigenvalue weighted by atomic mass is 10.1. The van der Waals surface area contributed by atoms with Crippen molar-refractivity contribution < 1.29 is 24.8 Å². The van der Waals surface area contributed by atoms with Gasteiger partial charge in [0.2, 0.25) is 0 Å². The van der Waals surface area contributed by atoms with Crippen LogP contribution in [0.4, 0.5) is 5.82 Å². The fourth-order valence-corrected chi connectivity index (χ4v) is 3.85. The van der Waals surface area contributed by atoms with Crippen molar-refractivity contribution in [1.29, 1.82) is 0 Å². The molecule has 0 unspecified atom stereocenters. The van der Waals surface area contributed by atoms with Crippen LogP contribution >= 0.6 is 22.6 Å². The van der Waals surface area contributed by atoms with Crippen molar-refractivity contribution in [3.8, 4) is 6.01 Å². The van der Waals surface area contributed by atoms with E-state index in [1.165, 1.54) is 18.0 Å². The maximum atomic E-state index is 10.3. The van der Waals surface area contributed by atoms with Crippen LogP contribution in [-0.4, -0.2) is 66.9 Å². The lowest BCUT2D eigenvalue weighted by Gasteiger charge is -2.17. The third-order valence-electron chi connectivity index (χ3n) is 4.72. The molecular weight excluding hydrogens is 493 g/mol. The minimum Gasteiger partial charge on any atom is -0.467 e. The largest absolute Gasteiger partial charge is 0.467 e. The molecule has 4 rings (SSSR count). The summed E-state index contributed by atoms with van der Waals surface area (Å²) in [5.41, 5.74) is 1.91. The van der Waals surface area contributed by atoms with Gasteiger partial charge in [-0.15, -0.1) is 0 Å². The number of anilines is 1. The highest BCUT2D eigenvalue weighted by Gasteiger charge is 2.44. The number of aromatic nitrogens is 4. The zero-order valence-electron chi connectivity index (χ0n) is 15.4. The number of hydrogen-bond acceptors (Lipinski definition) is 9. The van der Waals surface area contributed by atoms with E-state index < -0.39 is 31.1 Å². The topological polar surface area (TPSA) is 135 Å². The molecule has 2 aromatic heterocycles. The van der Waals surface area contributed by atoms with Crippen LogP contribution in [0.5, 0.6) is 6.01 Å². The quantitative estimate of drug-likeness (QED) is 0.351. The summed E-state index contributed by atoms with van der Waals surface area (Å²) in [6.07, 6.45) is -2.85. The zero-order chi connectivity index (χ0) is 20.5. The Morgan fingerprint density at radius 1 is 1.28 bits per heavy atom. The number of methoxy groups -OCH3 is 1. The second-order valence-electron chi connectivity index (χ2n) is 6.60. The van der Waals surface area contributed by atoms with E-state index in [9.17, 15) is 15.3 Å². The Balaban J connectivity index is 1.68. The van der Waals surface area contributed by atoms with Crippen LogP contribution < -0.4 is 10.1 Å². The Morgan fingerprint density at radius 2 is 2.10 bits per heavy atom. The van der Waals surface area contributed by atoms with E-state index in [1.807, 2.05) is 18.2 Å². The molecule has 154 valence electrons. The van der Waals surface area contributed by atoms with E-state index in [1.54, 1.807) is 0 Å². The van der Waals surface area contributed by atoms with Gasteiger partial charge in [-0.05, 0) is 40.3 Å². The average Bonchev–Trinajstić information content (AvgIpc) is 3.27. The number of fused-ring (bicyclic) bond motifs is 1. The Morgan fingerprint density at radius 3 is 2.79 bits per heavy atom. The van der Waals surface area contributed by atoms with Gasteiger partial charge in [-0.2, -0.15) is 9.97 Å². The molecule has 1 aliphatic rings. The molecule has 1 aliphatic heterocycles. The van der Waals surface area contributed by atoms with Crippen molar-refractivity contribution in [2.24, 2.45) is 0 Å². The van der Waals surface area contributed by atoms with Crippen LogP contribution in [0.15, 0.2) is 30.6 Å². The Labute approximate surface area is 179 Å². The summed E-state index contributed by atoms with van der Waals surface area (Å²) in [7, 11) is 1.46. The number of nitrogens with zero attached hydrogens (tertiary/aromatic N) is 4. The molecule has 4 N–H and O–H groups in total. The first-order chi connectivity index (χ1) is 14.0. The van der Waals surface area contributed by atoms with Gasteiger partial charge in [0, 0.05) is 10.1 Å². The van der Waals surface area contributed by atoms with Gasteiger partial charge in [0.05, 0.1) is 20.0 Å². The van der Waals surface area contributed by atoms with Crippen molar-refractivity contribution >= 4 is 39.6 Å². The summed E-state index contributed by atoms with van der Waals surface area (Å²) in [6.45, 7) is 0.106. The fraction of sp³-hybridized carbons (Fsp3) is 0.389. The van der Waals surface area contributed by atoms with E-state index in [0.29, 0.717) is 23.5 Å². The van der Waals surface area contributed by atoms with Crippen LogP contribution in [0.1, 0.15) is 11.8 Å². The molecule has 0 amide bonds. The first kappa shape index (κ1) is 20.2. The van der Waals surface area contributed by atoms with Crippen molar-refractivity contribution in [3.63, 3.8) is 0 Å². The Hall–Kier alpha value is -2.06. The van der Waals surface area contributed by atoms with Crippen LogP contribution in [0, 0.1) is 3.57 Å². The predicted molar refractivity (Wildman–Crippen MR) is 111 cm³/mol. The molecule has 3 heterocycles. The minimum absolute atomic E-state index is 0.121. The van der Waals surface area contributed by atoms with Crippen LogP contribution in [0.3, 0.4) is 0 Å². The van der Waals surface area contributed by atoms with Crippen molar-refractivity contribution in [2.45, 2.75) is 31.1 Å². The number of aliphatic hydroxyl groups is 3. The van der Waals surface area contributed by atoms with E-state index >= 15 is 0 Å². The molecule has 11 heteroatoms. The van der Waals surface area contributed by atoms with E-state index in [-0.39, 0.29) is 6.01 Å². The average molecular weight is 513 g/mol. The number of halogens is 1. The van der Waals surface area contributed by atoms with Crippen molar-refractivity contribution in [2.75, 3.05) is 19.0 Å². The third kappa shape index (κ3) is 3.88. The molecule has 1 fully saturated rings. The standard InChI is InChI=1S/C18H20IN5O5/c1-28-18-22-15(20-6-9-3-2-4-10(19)5-9)12-16(23-18)24(8-21-12)17-14(27)13(26)11(7-25)29-17/h2-5,8,11,13-14,17,25-27H,6-7H2,1H3,(H,20,22,23)/t11-,13-,14-,17-/m1/s1. The van der Waals surface area contributed by atoms with Crippen molar-refractivity contribution in [3.05, 3.63) is 39.7 Å². The van der Waals surface area contributed by atoms with Gasteiger partial charge in [-0.3, -0.25) is 4.57 Å². The first-order valence-corrected chi connectivity index (χ1v) is 9.99. The summed E-state index contributed by atoms with van der Waals surface area (Å²) in [4.78, 5) is 13.0. The van der Waals surface area contributed by atoms with Gasteiger partial charge >= 0.3 is 6.01 Å². The molecule has 0 aliphatic carbocycles. The lowest BCUT2D eigenvalue weighted by Crippen LogP contribution is -2.33. The molecule has 0 radical (unpaired) electrons. The number of nitrogens with one attached hydrogen (secondary N) is 1. The number of rotatable bonds is 6. The van der Waals surface area contributed by atoms with Gasteiger partial charge in [-0.1, -0.05) is 12.1 Å². The summed E-state index contributed by atoms with van der Waals surface area (Å²) in [5.74, 6) is 0.469. The molecule has 1 aromatic carbocycles. The van der Waals surface area contributed by atoms with Gasteiger partial charge in [0.1, 0.15) is 18.3 Å². The Kier molecular flexibility index (Phi) is 5.83. The lowest BCUT2D eigenvalue weighted by molar-refractivity contribution is -0.0511. The van der Waals surface area contributed by atoms with Gasteiger partial charge < -0.3 is 30.1 Å². The number of aliphatic hydroxyl groups excluding tert-OH is 3. The highest BCUT2D eigenvalue weighted by molar-refractivity contribution is 14.1. The molecule has 4 atom stereocenters. The highest BCUT2D eigenvalue weighted by atomic mass is 127. The second kappa shape index (κ2) is 8.36. The molecule has 29 heavy (non-hydrogen) atoms. The number of imidazole rings is 1. The summed E-state index contributed by atoms with van der Waals surface area (Å²) in [5, 5.41) is 33.0. The maximum absolute atomic E-state index is 10.3. The molecule has 10 nitrogen and oxygen atoms in total. The monoisotopic (exact) mass is 513 g/mol. The minimum atomic E-state index is -1.24. The van der Waals surface area contributed by atoms with Crippen LogP contribution in [0.25, 0.3) is 11.2 Å². The van der Waals surface area contributed by atoms with Gasteiger partial charge in [0.15, 0.2) is 23.2 Å². The Bertz CT molecular complexity index is 1020. The molecule has 3 aromatic rings. The normalized spacial score (nSPS) is 24.2. The smallest absolute Gasteiger partial charge is 0.320 e.